The van der Waals surface area contributed by atoms with Crippen molar-refractivity contribution in [2.45, 2.75) is 12.5 Å². The molecule has 107 valence electrons. The fourth-order valence-corrected chi connectivity index (χ4v) is 3.39. The van der Waals surface area contributed by atoms with E-state index in [2.05, 4.69) is 27.2 Å². The van der Waals surface area contributed by atoms with Crippen LogP contribution < -0.4 is 15.8 Å². The summed E-state index contributed by atoms with van der Waals surface area (Å²) in [6.07, 6.45) is 0.475. The van der Waals surface area contributed by atoms with Crippen molar-refractivity contribution in [2.75, 3.05) is 0 Å². The number of nitrogens with two attached hydrogens (primary N) is 1. The molecule has 0 heterocycles. The molecule has 21 heavy (non-hydrogen) atoms. The molecule has 0 saturated heterocycles. The number of hydrogen-bond acceptors (Lipinski definition) is 3. The smallest absolute Gasteiger partial charge is 0.328 e. The van der Waals surface area contributed by atoms with Gasteiger partial charge in [-0.15, -0.1) is 8.46 Å². The van der Waals surface area contributed by atoms with E-state index in [1.165, 1.54) is 5.30 Å². The Morgan fingerprint density at radius 3 is 2.48 bits per heavy atom. The van der Waals surface area contributed by atoms with Crippen molar-refractivity contribution in [3.05, 3.63) is 60.2 Å². The zero-order valence-electron chi connectivity index (χ0n) is 11.3. The quantitative estimate of drug-likeness (QED) is 0.262. The summed E-state index contributed by atoms with van der Waals surface area (Å²) in [5.74, 6) is 0.125. The minimum absolute atomic E-state index is 0.408. The first-order valence-electron chi connectivity index (χ1n) is 6.49. The van der Waals surface area contributed by atoms with Gasteiger partial charge in [-0.3, -0.25) is 0 Å². The van der Waals surface area contributed by atoms with Gasteiger partial charge in [-0.2, -0.15) is 22.4 Å². The molecule has 0 aliphatic carbocycles. The molecule has 0 spiro atoms. The Morgan fingerprint density at radius 2 is 1.86 bits per heavy atom. The predicted octanol–water partition coefficient (Wildman–Crippen LogP) is 2.44. The van der Waals surface area contributed by atoms with Crippen molar-refractivity contribution in [1.29, 1.82) is 0 Å². The Morgan fingerprint density at radius 1 is 1.19 bits per heavy atom. The molecule has 0 aliphatic rings. The summed E-state index contributed by atoms with van der Waals surface area (Å²) in [5, 5.41) is 1.21. The summed E-state index contributed by atoms with van der Waals surface area (Å²) < 4.78 is 5.31. The monoisotopic (exact) mass is 410 g/mol. The number of benzene rings is 2. The minimum atomic E-state index is -0.656. The molecule has 1 unspecified atom stereocenters. The molecule has 0 fully saturated rings. The van der Waals surface area contributed by atoms with Crippen LogP contribution in [0, 0.1) is 0 Å². The van der Waals surface area contributed by atoms with Gasteiger partial charge in [-0.05, 0) is 29.4 Å². The third-order valence-corrected chi connectivity index (χ3v) is 4.61. The number of carbonyl (C=O) groups is 1. The number of esters is 1. The maximum absolute atomic E-state index is 12.0. The van der Waals surface area contributed by atoms with Crippen molar-refractivity contribution >= 4 is 47.0 Å². The third kappa shape index (κ3) is 5.42. The molecule has 0 saturated carbocycles. The number of ether oxygens (including phenoxy) is 1. The van der Waals surface area contributed by atoms with E-state index in [1.807, 2.05) is 42.5 Å². The van der Waals surface area contributed by atoms with E-state index < -0.39 is 12.0 Å². The van der Waals surface area contributed by atoms with E-state index in [1.54, 1.807) is 12.1 Å². The van der Waals surface area contributed by atoms with Crippen molar-refractivity contribution in [2.24, 2.45) is 5.73 Å². The highest BCUT2D eigenvalue weighted by atomic mass is 127. The highest BCUT2D eigenvalue weighted by Gasteiger charge is 2.16. The zero-order chi connectivity index (χ0) is 15.1. The molecular weight excluding hydrogens is 395 g/mol. The van der Waals surface area contributed by atoms with Crippen molar-refractivity contribution in [3.63, 3.8) is 0 Å². The first-order valence-corrected chi connectivity index (χ1v) is 8.81. The van der Waals surface area contributed by atoms with Crippen LogP contribution in [0.4, 0.5) is 0 Å². The standard InChI is InChI=1S/C15H15BINO2P/c17-16-21-13-8-6-12(7-9-13)20-15(19)14(18)10-11-4-2-1-3-5-11/h1-9,14,21H,10,18H2/t14-/m0/s1. The Bertz CT molecular complexity index is 580. The molecule has 0 aromatic heterocycles. The average molecular weight is 410 g/mol. The van der Waals surface area contributed by atoms with Gasteiger partial charge < -0.3 is 10.5 Å². The Kier molecular flexibility index (Phi) is 6.68. The first-order chi connectivity index (χ1) is 10.2. The summed E-state index contributed by atoms with van der Waals surface area (Å²) in [6.45, 7) is 0. The highest BCUT2D eigenvalue weighted by Crippen LogP contribution is 2.15. The van der Waals surface area contributed by atoms with Crippen molar-refractivity contribution in [3.8, 4) is 5.75 Å². The van der Waals surface area contributed by atoms with Crippen molar-refractivity contribution < 1.29 is 9.53 Å². The SMILES string of the molecule is N[C@@H](Cc1ccccc1)C(=O)Oc1ccc(P[B]I)cc1. The highest BCUT2D eigenvalue weighted by molar-refractivity contribution is 14.1. The minimum Gasteiger partial charge on any atom is -0.425 e. The first kappa shape index (κ1) is 16.5. The van der Waals surface area contributed by atoms with Gasteiger partial charge in [0, 0.05) is 0 Å². The maximum atomic E-state index is 12.0. The van der Waals surface area contributed by atoms with Crippen LogP contribution in [0.2, 0.25) is 0 Å². The van der Waals surface area contributed by atoms with E-state index in [0.29, 0.717) is 20.6 Å². The number of halogens is 1. The second-order valence-electron chi connectivity index (χ2n) is 4.50. The summed E-state index contributed by atoms with van der Waals surface area (Å²) in [4.78, 5) is 14.1. The molecule has 2 atom stereocenters. The molecule has 3 nitrogen and oxygen atoms in total. The van der Waals surface area contributed by atoms with Crippen LogP contribution in [0.15, 0.2) is 54.6 Å². The summed E-state index contributed by atoms with van der Waals surface area (Å²) >= 11 is 2.22. The topological polar surface area (TPSA) is 52.3 Å². The van der Waals surface area contributed by atoms with Crippen LogP contribution in [0.5, 0.6) is 5.75 Å². The van der Waals surface area contributed by atoms with Gasteiger partial charge in [-0.25, -0.2) is 4.79 Å². The lowest BCUT2D eigenvalue weighted by atomic mass is 10.1. The average Bonchev–Trinajstić information content (AvgIpc) is 2.50. The lowest BCUT2D eigenvalue weighted by Gasteiger charge is -2.11. The van der Waals surface area contributed by atoms with Crippen LogP contribution >= 0.6 is 30.8 Å². The van der Waals surface area contributed by atoms with Crippen LogP contribution in [0.25, 0.3) is 0 Å². The molecule has 0 amide bonds. The van der Waals surface area contributed by atoms with E-state index in [4.69, 9.17) is 10.5 Å². The van der Waals surface area contributed by atoms with E-state index in [-0.39, 0.29) is 0 Å². The van der Waals surface area contributed by atoms with Crippen LogP contribution in [0.1, 0.15) is 5.56 Å². The molecule has 2 aromatic rings. The van der Waals surface area contributed by atoms with Gasteiger partial charge in [0.15, 0.2) is 0 Å². The maximum Gasteiger partial charge on any atom is 0.328 e. The Balaban J connectivity index is 1.91. The van der Waals surface area contributed by atoms with E-state index >= 15 is 0 Å². The largest absolute Gasteiger partial charge is 0.425 e. The molecule has 0 bridgehead atoms. The molecule has 2 rings (SSSR count). The fourth-order valence-electron chi connectivity index (χ4n) is 1.83. The Hall–Kier alpha value is -0.905. The zero-order valence-corrected chi connectivity index (χ0v) is 14.5. The Labute approximate surface area is 140 Å². The second-order valence-corrected chi connectivity index (χ2v) is 7.45. The van der Waals surface area contributed by atoms with Crippen LogP contribution in [-0.2, 0) is 11.2 Å². The van der Waals surface area contributed by atoms with E-state index in [0.717, 1.165) is 5.56 Å². The molecule has 2 aromatic carbocycles. The van der Waals surface area contributed by atoms with Gasteiger partial charge in [0.25, 0.3) is 0 Å². The number of hydrogen-bond donors (Lipinski definition) is 1. The number of carbonyl (C=O) groups excluding carboxylic acids is 1. The molecule has 2 N–H and O–H groups in total. The van der Waals surface area contributed by atoms with Gasteiger partial charge in [0.05, 0.1) is 0 Å². The van der Waals surface area contributed by atoms with Gasteiger partial charge in [0.1, 0.15) is 11.8 Å². The lowest BCUT2D eigenvalue weighted by Crippen LogP contribution is -2.36. The summed E-state index contributed by atoms with van der Waals surface area (Å²) in [5.41, 5.74) is 6.92. The predicted molar refractivity (Wildman–Crippen MR) is 97.9 cm³/mol. The second kappa shape index (κ2) is 8.52. The van der Waals surface area contributed by atoms with E-state index in [9.17, 15) is 4.79 Å². The van der Waals surface area contributed by atoms with Crippen LogP contribution in [0.3, 0.4) is 0 Å². The normalized spacial score (nSPS) is 12.3. The molecule has 1 radical (unpaired) electrons. The van der Waals surface area contributed by atoms with Gasteiger partial charge in [-0.1, -0.05) is 42.5 Å². The molecular formula is C15H15BINO2P. The number of rotatable bonds is 6. The fraction of sp³-hybridized carbons (Fsp3) is 0.133. The summed E-state index contributed by atoms with van der Waals surface area (Å²) in [6, 6.07) is 16.5. The van der Waals surface area contributed by atoms with Crippen LogP contribution in [-0.4, -0.2) is 16.9 Å². The van der Waals surface area contributed by atoms with Gasteiger partial charge >= 0.3 is 5.97 Å². The van der Waals surface area contributed by atoms with Crippen molar-refractivity contribution in [1.82, 2.24) is 0 Å². The molecule has 0 aliphatic heterocycles. The lowest BCUT2D eigenvalue weighted by molar-refractivity contribution is -0.135. The van der Waals surface area contributed by atoms with Gasteiger partial charge in [0.2, 0.25) is 4.86 Å². The third-order valence-electron chi connectivity index (χ3n) is 2.90. The molecule has 6 heteroatoms. The summed E-state index contributed by atoms with van der Waals surface area (Å²) in [7, 11) is 0.652.